The number of piperidine rings is 1. The molecule has 4 nitrogen and oxygen atoms in total. The molecule has 0 aromatic heterocycles. The normalized spacial score (nSPS) is 22.8. The van der Waals surface area contributed by atoms with E-state index in [0.717, 1.165) is 85.6 Å². The van der Waals surface area contributed by atoms with Gasteiger partial charge >= 0.3 is 5.97 Å². The summed E-state index contributed by atoms with van der Waals surface area (Å²) in [6.45, 7) is 5.08. The van der Waals surface area contributed by atoms with Crippen molar-refractivity contribution in [2.45, 2.75) is 70.8 Å². The first-order valence-electron chi connectivity index (χ1n) is 12.4. The zero-order valence-electron chi connectivity index (χ0n) is 19.2. The molecule has 2 fully saturated rings. The predicted octanol–water partition coefficient (Wildman–Crippen LogP) is 6.57. The molecule has 1 saturated heterocycles. The van der Waals surface area contributed by atoms with Crippen molar-refractivity contribution in [1.82, 2.24) is 4.90 Å². The highest BCUT2D eigenvalue weighted by Crippen LogP contribution is 2.36. The fourth-order valence-electron chi connectivity index (χ4n) is 5.30. The van der Waals surface area contributed by atoms with Crippen LogP contribution >= 0.6 is 11.6 Å². The number of hydrogen-bond donors (Lipinski definition) is 1. The number of aliphatic carboxylic acids is 1. The van der Waals surface area contributed by atoms with Crippen LogP contribution in [0.15, 0.2) is 30.3 Å². The van der Waals surface area contributed by atoms with Crippen LogP contribution in [-0.4, -0.2) is 41.7 Å². The lowest BCUT2D eigenvalue weighted by Crippen LogP contribution is -2.36. The molecular weight excluding hydrogens is 422 g/mol. The molecule has 0 unspecified atom stereocenters. The van der Waals surface area contributed by atoms with Gasteiger partial charge in [0.2, 0.25) is 0 Å². The van der Waals surface area contributed by atoms with Crippen molar-refractivity contribution in [2.75, 3.05) is 19.6 Å². The Hall–Kier alpha value is -1.78. The van der Waals surface area contributed by atoms with Crippen molar-refractivity contribution in [2.24, 2.45) is 11.8 Å². The van der Waals surface area contributed by atoms with Gasteiger partial charge in [0, 0.05) is 5.39 Å². The number of aryl methyl sites for hydroxylation is 1. The van der Waals surface area contributed by atoms with E-state index in [4.69, 9.17) is 21.4 Å². The third-order valence-electron chi connectivity index (χ3n) is 7.53. The Balaban J connectivity index is 1.33. The highest BCUT2D eigenvalue weighted by Gasteiger charge is 2.24. The average Bonchev–Trinajstić information content (AvgIpc) is 2.82. The minimum absolute atomic E-state index is 0.160. The minimum atomic E-state index is -0.644. The summed E-state index contributed by atoms with van der Waals surface area (Å²) < 4.78 is 6.33. The third-order valence-corrected chi connectivity index (χ3v) is 7.92. The van der Waals surface area contributed by atoms with E-state index < -0.39 is 5.97 Å². The van der Waals surface area contributed by atoms with E-state index in [-0.39, 0.29) is 12.0 Å². The number of nitrogens with zero attached hydrogens (tertiary/aromatic N) is 1. The van der Waals surface area contributed by atoms with Gasteiger partial charge in [0.05, 0.1) is 17.0 Å². The third kappa shape index (κ3) is 5.77. The highest BCUT2D eigenvalue weighted by atomic mass is 35.5. The van der Waals surface area contributed by atoms with Crippen LogP contribution < -0.4 is 4.74 Å². The Bertz CT molecular complexity index is 915. The fourth-order valence-corrected chi connectivity index (χ4v) is 5.58. The van der Waals surface area contributed by atoms with Gasteiger partial charge in [-0.3, -0.25) is 4.79 Å². The molecule has 1 heterocycles. The lowest BCUT2D eigenvalue weighted by atomic mass is 9.86. The highest BCUT2D eigenvalue weighted by molar-refractivity contribution is 6.37. The number of carbonyl (C=O) groups is 1. The molecule has 0 spiro atoms. The molecule has 0 bridgehead atoms. The second-order valence-corrected chi connectivity index (χ2v) is 10.0. The molecule has 1 saturated carbocycles. The van der Waals surface area contributed by atoms with Crippen LogP contribution in [0.2, 0.25) is 5.02 Å². The second kappa shape index (κ2) is 10.9. The summed E-state index contributed by atoms with van der Waals surface area (Å²) in [5.74, 6) is 0.868. The topological polar surface area (TPSA) is 49.8 Å². The van der Waals surface area contributed by atoms with Gasteiger partial charge in [-0.05, 0) is 100 Å². The number of fused-ring (bicyclic) bond motifs is 1. The number of likely N-dealkylation sites (tertiary alicyclic amines) is 1. The summed E-state index contributed by atoms with van der Waals surface area (Å²) in [4.78, 5) is 13.5. The number of rotatable bonds is 8. The Morgan fingerprint density at radius 3 is 2.50 bits per heavy atom. The minimum Gasteiger partial charge on any atom is -0.489 e. The molecule has 0 amide bonds. The smallest absolute Gasteiger partial charge is 0.306 e. The number of hydrogen-bond acceptors (Lipinski definition) is 3. The quantitative estimate of drug-likeness (QED) is 0.487. The van der Waals surface area contributed by atoms with Crippen LogP contribution in [-0.2, 0) is 11.2 Å². The van der Waals surface area contributed by atoms with Crippen molar-refractivity contribution in [3.8, 4) is 5.75 Å². The van der Waals surface area contributed by atoms with Crippen LogP contribution in [0.25, 0.3) is 10.8 Å². The molecule has 0 atom stereocenters. The Morgan fingerprint density at radius 2 is 1.81 bits per heavy atom. The van der Waals surface area contributed by atoms with E-state index in [1.165, 1.54) is 24.8 Å². The Labute approximate surface area is 196 Å². The molecule has 174 valence electrons. The number of carboxylic acid groups (broad SMARTS) is 1. The molecule has 1 aliphatic heterocycles. The summed E-state index contributed by atoms with van der Waals surface area (Å²) in [7, 11) is 0. The largest absolute Gasteiger partial charge is 0.489 e. The van der Waals surface area contributed by atoms with Crippen molar-refractivity contribution < 1.29 is 14.6 Å². The molecule has 2 aromatic rings. The first-order chi connectivity index (χ1) is 15.5. The zero-order chi connectivity index (χ0) is 22.5. The Kier molecular flexibility index (Phi) is 7.96. The van der Waals surface area contributed by atoms with Crippen molar-refractivity contribution >= 4 is 28.3 Å². The summed E-state index contributed by atoms with van der Waals surface area (Å²) in [6, 6.07) is 10.7. The summed E-state index contributed by atoms with van der Waals surface area (Å²) in [5.41, 5.74) is 1.29. The molecule has 0 radical (unpaired) electrons. The molecule has 1 N–H and O–H groups in total. The van der Waals surface area contributed by atoms with Gasteiger partial charge in [0.25, 0.3) is 0 Å². The lowest BCUT2D eigenvalue weighted by Gasteiger charge is -2.29. The van der Waals surface area contributed by atoms with E-state index in [1.54, 1.807) is 0 Å². The molecule has 2 aliphatic rings. The Morgan fingerprint density at radius 1 is 1.09 bits per heavy atom. The zero-order valence-corrected chi connectivity index (χ0v) is 19.9. The van der Waals surface area contributed by atoms with Gasteiger partial charge in [-0.1, -0.05) is 43.1 Å². The molecular formula is C27H36ClNO3. The first kappa shape index (κ1) is 23.4. The van der Waals surface area contributed by atoms with Gasteiger partial charge in [-0.2, -0.15) is 0 Å². The van der Waals surface area contributed by atoms with Crippen LogP contribution in [0.3, 0.4) is 0 Å². The van der Waals surface area contributed by atoms with E-state index in [0.29, 0.717) is 0 Å². The monoisotopic (exact) mass is 457 g/mol. The summed E-state index contributed by atoms with van der Waals surface area (Å²) in [6.07, 6.45) is 9.90. The van der Waals surface area contributed by atoms with Crippen LogP contribution in [0.4, 0.5) is 0 Å². The second-order valence-electron chi connectivity index (χ2n) is 9.66. The maximum Gasteiger partial charge on any atom is 0.306 e. The van der Waals surface area contributed by atoms with Gasteiger partial charge < -0.3 is 14.7 Å². The first-order valence-corrected chi connectivity index (χ1v) is 12.7. The lowest BCUT2D eigenvalue weighted by molar-refractivity contribution is -0.143. The van der Waals surface area contributed by atoms with Crippen molar-refractivity contribution in [3.63, 3.8) is 0 Å². The molecule has 2 aromatic carbocycles. The number of ether oxygens (including phenoxy) is 1. The van der Waals surface area contributed by atoms with E-state index >= 15 is 0 Å². The maximum atomic E-state index is 11.1. The number of halogens is 1. The van der Waals surface area contributed by atoms with Crippen LogP contribution in [0.1, 0.15) is 63.9 Å². The summed E-state index contributed by atoms with van der Waals surface area (Å²) in [5, 5.41) is 12.1. The molecule has 1 aliphatic carbocycles. The summed E-state index contributed by atoms with van der Waals surface area (Å²) >= 11 is 6.80. The maximum absolute atomic E-state index is 11.1. The van der Waals surface area contributed by atoms with Crippen LogP contribution in [0, 0.1) is 11.8 Å². The fraction of sp³-hybridized carbons (Fsp3) is 0.593. The van der Waals surface area contributed by atoms with Gasteiger partial charge in [0.1, 0.15) is 5.75 Å². The van der Waals surface area contributed by atoms with E-state index in [2.05, 4.69) is 36.1 Å². The SMILES string of the molecule is CC[C@H]1CC[C@@H](Oc2ccc3ccc(CCCN4CCC(C(=O)O)CC4)cc3c2Cl)CC1. The van der Waals surface area contributed by atoms with E-state index in [9.17, 15) is 4.79 Å². The van der Waals surface area contributed by atoms with Gasteiger partial charge in [0.15, 0.2) is 0 Å². The molecule has 5 heteroatoms. The van der Waals surface area contributed by atoms with Gasteiger partial charge in [-0.25, -0.2) is 0 Å². The van der Waals surface area contributed by atoms with Gasteiger partial charge in [-0.15, -0.1) is 0 Å². The number of benzene rings is 2. The number of carboxylic acids is 1. The van der Waals surface area contributed by atoms with Crippen molar-refractivity contribution in [3.05, 3.63) is 40.9 Å². The van der Waals surface area contributed by atoms with Crippen LogP contribution in [0.5, 0.6) is 5.75 Å². The average molecular weight is 458 g/mol. The predicted molar refractivity (Wildman–Crippen MR) is 131 cm³/mol. The molecule has 4 rings (SSSR count). The van der Waals surface area contributed by atoms with E-state index in [1.807, 2.05) is 6.07 Å². The standard InChI is InChI=1S/C27H36ClNO3/c1-2-19-6-10-23(11-7-19)32-25-12-9-21-8-5-20(18-24(21)26(25)28)4-3-15-29-16-13-22(14-17-29)27(30)31/h5,8-9,12,18-19,22-23H,2-4,6-7,10-11,13-17H2,1H3,(H,30,31)/t19-,23+. The van der Waals surface area contributed by atoms with Crippen molar-refractivity contribution in [1.29, 1.82) is 0 Å². The molecule has 32 heavy (non-hydrogen) atoms.